The topological polar surface area (TPSA) is 150 Å². The van der Waals surface area contributed by atoms with E-state index in [1.807, 2.05) is 12.1 Å². The first-order valence-electron chi connectivity index (χ1n) is 10.8. The minimum Gasteiger partial charge on any atom is -0.450 e. The zero-order chi connectivity index (χ0) is 24.5. The predicted octanol–water partition coefficient (Wildman–Crippen LogP) is 3.05. The Labute approximate surface area is 204 Å². The standard InChI is InChI=1S/C23H20ClN9O2/c1-32-20-19(24)18(35-17(9-26)16-10-27-5-6-28-16)11-29-21(20)31-23(32)30-15-8-14(13-2-3-13)12-33(7-4-25)22(15)34/h5-6,8-13H,2-3,7,26H2,1H3,(H,29,30,31). The second-order valence-electron chi connectivity index (χ2n) is 8.00. The number of anilines is 2. The maximum atomic E-state index is 12.9. The van der Waals surface area contributed by atoms with Gasteiger partial charge in [0.25, 0.3) is 5.56 Å². The molecule has 0 bridgehead atoms. The minimum atomic E-state index is -0.312. The molecule has 3 N–H and O–H groups in total. The molecule has 0 spiro atoms. The van der Waals surface area contributed by atoms with Crippen LogP contribution in [0.4, 0.5) is 11.6 Å². The van der Waals surface area contributed by atoms with Crippen molar-refractivity contribution in [2.24, 2.45) is 12.8 Å². The highest BCUT2D eigenvalue weighted by atomic mass is 35.5. The van der Waals surface area contributed by atoms with Gasteiger partial charge in [-0.25, -0.2) is 9.97 Å². The third-order valence-corrected chi connectivity index (χ3v) is 6.00. The number of nitrogens with two attached hydrogens (primary N) is 1. The number of aryl methyl sites for hydroxylation is 1. The Balaban J connectivity index is 1.51. The smallest absolute Gasteiger partial charge is 0.275 e. The highest BCUT2D eigenvalue weighted by Gasteiger charge is 2.26. The van der Waals surface area contributed by atoms with Gasteiger partial charge in [-0.05, 0) is 30.4 Å². The van der Waals surface area contributed by atoms with Crippen molar-refractivity contribution >= 4 is 40.2 Å². The number of nitrogens with zero attached hydrogens (tertiary/aromatic N) is 7. The lowest BCUT2D eigenvalue weighted by Crippen LogP contribution is -2.23. The van der Waals surface area contributed by atoms with Crippen LogP contribution in [-0.4, -0.2) is 29.1 Å². The van der Waals surface area contributed by atoms with Crippen molar-refractivity contribution < 1.29 is 4.74 Å². The summed E-state index contributed by atoms with van der Waals surface area (Å²) in [6.45, 7) is -0.0342. The molecule has 1 saturated carbocycles. The van der Waals surface area contributed by atoms with E-state index in [0.717, 1.165) is 18.4 Å². The van der Waals surface area contributed by atoms with Crippen LogP contribution in [0.3, 0.4) is 0 Å². The fourth-order valence-electron chi connectivity index (χ4n) is 3.71. The number of imidazole rings is 1. The summed E-state index contributed by atoms with van der Waals surface area (Å²) in [7, 11) is 1.75. The van der Waals surface area contributed by atoms with Crippen LogP contribution in [0.1, 0.15) is 30.0 Å². The minimum absolute atomic E-state index is 0.0342. The maximum absolute atomic E-state index is 12.9. The van der Waals surface area contributed by atoms with Crippen LogP contribution in [0.5, 0.6) is 5.75 Å². The number of aromatic nitrogens is 6. The van der Waals surface area contributed by atoms with Gasteiger partial charge in [0, 0.05) is 31.8 Å². The van der Waals surface area contributed by atoms with Crippen molar-refractivity contribution in [3.63, 3.8) is 0 Å². The van der Waals surface area contributed by atoms with Crippen molar-refractivity contribution in [3.8, 4) is 11.8 Å². The first kappa shape index (κ1) is 22.4. The van der Waals surface area contributed by atoms with E-state index < -0.39 is 0 Å². The molecule has 0 amide bonds. The molecule has 11 nitrogen and oxygen atoms in total. The number of nitriles is 1. The van der Waals surface area contributed by atoms with Crippen LogP contribution < -0.4 is 21.3 Å². The zero-order valence-corrected chi connectivity index (χ0v) is 19.4. The second-order valence-corrected chi connectivity index (χ2v) is 8.38. The first-order valence-corrected chi connectivity index (χ1v) is 11.1. The molecule has 1 aliphatic rings. The molecule has 0 saturated heterocycles. The van der Waals surface area contributed by atoms with E-state index in [0.29, 0.717) is 34.4 Å². The summed E-state index contributed by atoms with van der Waals surface area (Å²) in [6, 6.07) is 3.85. The average molecular weight is 490 g/mol. The highest BCUT2D eigenvalue weighted by Crippen LogP contribution is 2.40. The third-order valence-electron chi connectivity index (χ3n) is 5.64. The molecule has 0 atom stereocenters. The monoisotopic (exact) mass is 489 g/mol. The molecule has 12 heteroatoms. The van der Waals surface area contributed by atoms with E-state index in [-0.39, 0.29) is 28.6 Å². The lowest BCUT2D eigenvalue weighted by atomic mass is 10.2. The fourth-order valence-corrected chi connectivity index (χ4v) is 4.01. The van der Waals surface area contributed by atoms with Gasteiger partial charge in [0.15, 0.2) is 17.2 Å². The first-order chi connectivity index (χ1) is 17.0. The van der Waals surface area contributed by atoms with Gasteiger partial charge in [-0.2, -0.15) is 10.2 Å². The zero-order valence-electron chi connectivity index (χ0n) is 18.6. The molecule has 0 aliphatic heterocycles. The van der Waals surface area contributed by atoms with Gasteiger partial charge in [0.05, 0.1) is 18.5 Å². The number of fused-ring (bicyclic) bond motifs is 1. The Morgan fingerprint density at radius 2 is 2.20 bits per heavy atom. The van der Waals surface area contributed by atoms with E-state index in [1.165, 1.54) is 35.6 Å². The Kier molecular flexibility index (Phi) is 5.80. The van der Waals surface area contributed by atoms with E-state index >= 15 is 0 Å². The number of halogens is 1. The molecule has 0 aromatic carbocycles. The molecular formula is C23H20ClN9O2. The van der Waals surface area contributed by atoms with Crippen molar-refractivity contribution in [2.45, 2.75) is 25.3 Å². The number of hydrogen-bond donors (Lipinski definition) is 2. The van der Waals surface area contributed by atoms with Crippen LogP contribution in [0.25, 0.3) is 16.9 Å². The van der Waals surface area contributed by atoms with Crippen LogP contribution in [0.2, 0.25) is 5.02 Å². The van der Waals surface area contributed by atoms with E-state index in [9.17, 15) is 4.79 Å². The Morgan fingerprint density at radius 1 is 1.37 bits per heavy atom. The Hall–Kier alpha value is -4.43. The second kappa shape index (κ2) is 9.08. The Bertz CT molecular complexity index is 1550. The average Bonchev–Trinajstić information content (AvgIpc) is 3.66. The van der Waals surface area contributed by atoms with Gasteiger partial charge in [-0.1, -0.05) is 11.6 Å². The maximum Gasteiger partial charge on any atom is 0.275 e. The van der Waals surface area contributed by atoms with Gasteiger partial charge in [0.2, 0.25) is 5.95 Å². The van der Waals surface area contributed by atoms with Gasteiger partial charge < -0.3 is 20.4 Å². The fraction of sp³-hybridized carbons (Fsp3) is 0.217. The summed E-state index contributed by atoms with van der Waals surface area (Å²) in [5, 5.41) is 12.5. The molecule has 1 aliphatic carbocycles. The summed E-state index contributed by atoms with van der Waals surface area (Å²) >= 11 is 6.66. The van der Waals surface area contributed by atoms with Gasteiger partial charge in [-0.15, -0.1) is 0 Å². The third kappa shape index (κ3) is 4.27. The molecule has 0 unspecified atom stereocenters. The number of rotatable bonds is 7. The molecule has 176 valence electrons. The summed E-state index contributed by atoms with van der Waals surface area (Å²) in [6.07, 6.45) is 11.2. The van der Waals surface area contributed by atoms with Crippen LogP contribution in [0, 0.1) is 11.3 Å². The van der Waals surface area contributed by atoms with Gasteiger partial charge >= 0.3 is 0 Å². The van der Waals surface area contributed by atoms with Gasteiger partial charge in [0.1, 0.15) is 28.5 Å². The van der Waals surface area contributed by atoms with Crippen LogP contribution in [0.15, 0.2) is 48.0 Å². The molecule has 35 heavy (non-hydrogen) atoms. The number of nitrogens with one attached hydrogen (secondary N) is 1. The van der Waals surface area contributed by atoms with E-state index in [4.69, 9.17) is 27.3 Å². The lowest BCUT2D eigenvalue weighted by molar-refractivity contribution is 0.509. The van der Waals surface area contributed by atoms with Crippen LogP contribution >= 0.6 is 11.6 Å². The number of ether oxygens (including phenoxy) is 1. The predicted molar refractivity (Wildman–Crippen MR) is 130 cm³/mol. The van der Waals surface area contributed by atoms with Gasteiger partial charge in [-0.3, -0.25) is 14.3 Å². The van der Waals surface area contributed by atoms with Crippen molar-refractivity contribution in [1.82, 2.24) is 29.1 Å². The molecule has 4 aromatic heterocycles. The Morgan fingerprint density at radius 3 is 2.89 bits per heavy atom. The van der Waals surface area contributed by atoms with Crippen LogP contribution in [-0.2, 0) is 13.6 Å². The van der Waals surface area contributed by atoms with Crippen molar-refractivity contribution in [3.05, 3.63) is 69.9 Å². The van der Waals surface area contributed by atoms with Crippen molar-refractivity contribution in [1.29, 1.82) is 5.26 Å². The molecule has 0 radical (unpaired) electrons. The summed E-state index contributed by atoms with van der Waals surface area (Å²) in [5.74, 6) is 1.28. The molecular weight excluding hydrogens is 470 g/mol. The summed E-state index contributed by atoms with van der Waals surface area (Å²) in [5.41, 5.74) is 8.04. The number of pyridine rings is 2. The molecule has 4 aromatic rings. The molecule has 5 rings (SSSR count). The van der Waals surface area contributed by atoms with E-state index in [2.05, 4.69) is 25.3 Å². The molecule has 4 heterocycles. The normalized spacial score (nSPS) is 13.6. The summed E-state index contributed by atoms with van der Waals surface area (Å²) < 4.78 is 8.97. The highest BCUT2D eigenvalue weighted by molar-refractivity contribution is 6.36. The lowest BCUT2D eigenvalue weighted by Gasteiger charge is -2.12. The SMILES string of the molecule is Cn1c(Nc2cc(C3CC3)cn(CC#N)c2=O)nc2ncc(OC(=CN)c3cnccn3)c(Cl)c21. The number of hydrogen-bond acceptors (Lipinski definition) is 9. The largest absolute Gasteiger partial charge is 0.450 e. The summed E-state index contributed by atoms with van der Waals surface area (Å²) in [4.78, 5) is 30.0. The molecule has 1 fully saturated rings. The quantitative estimate of drug-likeness (QED) is 0.373. The van der Waals surface area contributed by atoms with E-state index in [1.54, 1.807) is 17.8 Å². The van der Waals surface area contributed by atoms with Crippen molar-refractivity contribution in [2.75, 3.05) is 5.32 Å².